The molecule has 0 aliphatic heterocycles. The van der Waals surface area contributed by atoms with E-state index in [9.17, 15) is 4.79 Å². The van der Waals surface area contributed by atoms with Gasteiger partial charge in [0.25, 0.3) is 0 Å². The molecule has 142 valence electrons. The summed E-state index contributed by atoms with van der Waals surface area (Å²) in [5.74, 6) is 0.358. The van der Waals surface area contributed by atoms with Crippen LogP contribution in [0.2, 0.25) is 0 Å². The molecule has 4 rings (SSSR count). The highest BCUT2D eigenvalue weighted by atomic mass is 79.9. The van der Waals surface area contributed by atoms with E-state index in [0.29, 0.717) is 5.92 Å². The van der Waals surface area contributed by atoms with Gasteiger partial charge in [0, 0.05) is 27.0 Å². The second-order valence-corrected chi connectivity index (χ2v) is 9.21. The highest BCUT2D eigenvalue weighted by Gasteiger charge is 2.49. The van der Waals surface area contributed by atoms with Gasteiger partial charge in [-0.25, -0.2) is 0 Å². The Hall–Kier alpha value is -1.91. The predicted molar refractivity (Wildman–Crippen MR) is 122 cm³/mol. The van der Waals surface area contributed by atoms with Gasteiger partial charge >= 0.3 is 0 Å². The summed E-state index contributed by atoms with van der Waals surface area (Å²) in [6, 6.07) is 25.8. The van der Waals surface area contributed by atoms with E-state index in [1.54, 1.807) is 0 Å². The van der Waals surface area contributed by atoms with E-state index < -0.39 is 0 Å². The number of benzene rings is 3. The zero-order valence-electron chi connectivity index (χ0n) is 15.6. The van der Waals surface area contributed by atoms with Crippen molar-refractivity contribution in [3.8, 4) is 0 Å². The van der Waals surface area contributed by atoms with Gasteiger partial charge < -0.3 is 5.32 Å². The molecule has 1 aliphatic rings. The molecule has 0 radical (unpaired) electrons. The number of anilines is 1. The molecule has 1 unspecified atom stereocenters. The Morgan fingerprint density at radius 3 is 1.75 bits per heavy atom. The van der Waals surface area contributed by atoms with Gasteiger partial charge in [-0.1, -0.05) is 68.3 Å². The van der Waals surface area contributed by atoms with Crippen LogP contribution >= 0.6 is 31.9 Å². The van der Waals surface area contributed by atoms with Crippen LogP contribution in [-0.2, 0) is 10.2 Å². The number of nitrogens with one attached hydrogen (secondary N) is 1. The number of hydrogen-bond donors (Lipinski definition) is 1. The van der Waals surface area contributed by atoms with E-state index >= 15 is 0 Å². The van der Waals surface area contributed by atoms with Crippen molar-refractivity contribution in [2.45, 2.75) is 31.1 Å². The maximum Gasteiger partial charge on any atom is 0.221 e. The summed E-state index contributed by atoms with van der Waals surface area (Å²) in [4.78, 5) is 11.3. The number of rotatable bonds is 4. The Bertz CT molecular complexity index is 933. The van der Waals surface area contributed by atoms with Crippen molar-refractivity contribution >= 4 is 43.5 Å². The molecular weight excluding hydrogens is 478 g/mol. The summed E-state index contributed by atoms with van der Waals surface area (Å²) in [5.41, 5.74) is 4.82. The third kappa shape index (κ3) is 3.56. The van der Waals surface area contributed by atoms with Crippen LogP contribution in [0, 0.1) is 0 Å². The summed E-state index contributed by atoms with van der Waals surface area (Å²) in [7, 11) is 0. The fourth-order valence-corrected chi connectivity index (χ4v) is 4.91. The topological polar surface area (TPSA) is 29.1 Å². The van der Waals surface area contributed by atoms with E-state index in [4.69, 9.17) is 0 Å². The minimum atomic E-state index is -0.0459. The van der Waals surface area contributed by atoms with Crippen molar-refractivity contribution < 1.29 is 4.79 Å². The molecule has 1 fully saturated rings. The van der Waals surface area contributed by atoms with Crippen molar-refractivity contribution in [2.75, 3.05) is 5.32 Å². The molecule has 0 aromatic heterocycles. The standard InChI is InChI=1S/C24H21Br2NO/c1-16(28)27-22-12-2-17(3-13-22)23-14-15-24(23,18-4-8-20(25)9-5-18)19-6-10-21(26)11-7-19/h2-13,23H,14-15H2,1H3,(H,27,28). The van der Waals surface area contributed by atoms with E-state index in [1.807, 2.05) is 12.1 Å². The monoisotopic (exact) mass is 497 g/mol. The van der Waals surface area contributed by atoms with Crippen LogP contribution in [0.5, 0.6) is 0 Å². The number of amides is 1. The normalized spacial score (nSPS) is 17.6. The zero-order chi connectivity index (χ0) is 19.7. The first-order valence-electron chi connectivity index (χ1n) is 9.39. The highest BCUT2D eigenvalue weighted by molar-refractivity contribution is 9.10. The lowest BCUT2D eigenvalue weighted by atomic mass is 9.52. The van der Waals surface area contributed by atoms with Gasteiger partial charge in [-0.15, -0.1) is 0 Å². The summed E-state index contributed by atoms with van der Waals surface area (Å²) < 4.78 is 2.19. The van der Waals surface area contributed by atoms with Crippen LogP contribution in [-0.4, -0.2) is 5.91 Å². The summed E-state index contributed by atoms with van der Waals surface area (Å²) in [6.45, 7) is 1.53. The largest absolute Gasteiger partial charge is 0.326 e. The molecule has 0 heterocycles. The Morgan fingerprint density at radius 2 is 1.36 bits per heavy atom. The lowest BCUT2D eigenvalue weighted by molar-refractivity contribution is -0.114. The van der Waals surface area contributed by atoms with E-state index in [2.05, 4.69) is 97.8 Å². The van der Waals surface area contributed by atoms with Gasteiger partial charge in [0.1, 0.15) is 0 Å². The van der Waals surface area contributed by atoms with Gasteiger partial charge in [0.05, 0.1) is 0 Å². The van der Waals surface area contributed by atoms with Crippen LogP contribution in [0.3, 0.4) is 0 Å². The molecule has 1 aliphatic carbocycles. The van der Waals surface area contributed by atoms with Gasteiger partial charge in [-0.2, -0.15) is 0 Å². The SMILES string of the molecule is CC(=O)Nc1ccc(C2CCC2(c2ccc(Br)cc2)c2ccc(Br)cc2)cc1. The number of carbonyl (C=O) groups is 1. The lowest BCUT2D eigenvalue weighted by Gasteiger charge is -2.51. The van der Waals surface area contributed by atoms with Crippen LogP contribution in [0.4, 0.5) is 5.69 Å². The average Bonchev–Trinajstić information content (AvgIpc) is 2.65. The molecule has 1 saturated carbocycles. The molecule has 28 heavy (non-hydrogen) atoms. The first kappa shape index (κ1) is 19.4. The Labute approximate surface area is 182 Å². The van der Waals surface area contributed by atoms with E-state index in [0.717, 1.165) is 27.5 Å². The summed E-state index contributed by atoms with van der Waals surface area (Å²) >= 11 is 7.13. The minimum absolute atomic E-state index is 0.0308. The lowest BCUT2D eigenvalue weighted by Crippen LogP contribution is -2.43. The fourth-order valence-electron chi connectivity index (χ4n) is 4.38. The third-order valence-electron chi connectivity index (χ3n) is 5.77. The van der Waals surface area contributed by atoms with Crippen LogP contribution in [0.1, 0.15) is 42.4 Å². The minimum Gasteiger partial charge on any atom is -0.326 e. The van der Waals surface area contributed by atoms with Crippen LogP contribution < -0.4 is 5.32 Å². The Kier molecular flexibility index (Phi) is 5.44. The molecule has 2 nitrogen and oxygen atoms in total. The van der Waals surface area contributed by atoms with E-state index in [1.165, 1.54) is 23.6 Å². The molecule has 1 amide bonds. The Morgan fingerprint density at radius 1 is 0.857 bits per heavy atom. The third-order valence-corrected chi connectivity index (χ3v) is 6.83. The maximum atomic E-state index is 11.3. The van der Waals surface area contributed by atoms with Crippen molar-refractivity contribution in [1.82, 2.24) is 0 Å². The van der Waals surface area contributed by atoms with Crippen molar-refractivity contribution in [2.24, 2.45) is 0 Å². The molecule has 0 saturated heterocycles. The second kappa shape index (κ2) is 7.84. The van der Waals surface area contributed by atoms with Crippen LogP contribution in [0.25, 0.3) is 0 Å². The second-order valence-electron chi connectivity index (χ2n) is 7.38. The first-order valence-corrected chi connectivity index (χ1v) is 11.0. The molecule has 1 N–H and O–H groups in total. The highest BCUT2D eigenvalue weighted by Crippen LogP contribution is 2.58. The molecular formula is C24H21Br2NO. The zero-order valence-corrected chi connectivity index (χ0v) is 18.8. The van der Waals surface area contributed by atoms with Crippen LogP contribution in [0.15, 0.2) is 81.7 Å². The fraction of sp³-hybridized carbons (Fsp3) is 0.208. The van der Waals surface area contributed by atoms with E-state index in [-0.39, 0.29) is 11.3 Å². The summed E-state index contributed by atoms with van der Waals surface area (Å²) in [5, 5.41) is 2.85. The molecule has 0 bridgehead atoms. The molecule has 0 spiro atoms. The van der Waals surface area contributed by atoms with Gasteiger partial charge in [0.2, 0.25) is 5.91 Å². The van der Waals surface area contributed by atoms with Gasteiger partial charge in [-0.3, -0.25) is 4.79 Å². The number of hydrogen-bond acceptors (Lipinski definition) is 1. The quantitative estimate of drug-likeness (QED) is 0.410. The summed E-state index contributed by atoms with van der Waals surface area (Å²) in [6.07, 6.45) is 2.26. The van der Waals surface area contributed by atoms with Gasteiger partial charge in [-0.05, 0) is 71.8 Å². The van der Waals surface area contributed by atoms with Crippen molar-refractivity contribution in [3.05, 3.63) is 98.4 Å². The maximum absolute atomic E-state index is 11.3. The first-order chi connectivity index (χ1) is 13.5. The molecule has 4 heteroatoms. The number of carbonyl (C=O) groups excluding carboxylic acids is 1. The molecule has 1 atom stereocenters. The molecule has 3 aromatic rings. The smallest absolute Gasteiger partial charge is 0.221 e. The average molecular weight is 499 g/mol. The Balaban J connectivity index is 1.76. The molecule has 3 aromatic carbocycles. The predicted octanol–water partition coefficient (Wildman–Crippen LogP) is 7.03. The number of halogens is 2. The van der Waals surface area contributed by atoms with Crippen molar-refractivity contribution in [1.29, 1.82) is 0 Å². The van der Waals surface area contributed by atoms with Gasteiger partial charge in [0.15, 0.2) is 0 Å². The van der Waals surface area contributed by atoms with Crippen molar-refractivity contribution in [3.63, 3.8) is 0 Å².